The molecule has 20 heavy (non-hydrogen) atoms. The van der Waals surface area contributed by atoms with Gasteiger partial charge in [0.2, 0.25) is 0 Å². The van der Waals surface area contributed by atoms with E-state index in [1.165, 1.54) is 12.3 Å². The highest BCUT2D eigenvalue weighted by Crippen LogP contribution is 2.27. The molecule has 4 atom stereocenters. The molecule has 0 radical (unpaired) electrons. The molecule has 1 aromatic heterocycles. The quantitative estimate of drug-likeness (QED) is 0.381. The minimum atomic E-state index is -0.990. The smallest absolute Gasteiger partial charge is 0.330 e. The SMILES string of the molecule is NCCN[C@@H]1[C@H](O)[C@@H](CO)O[C@H]1n1ccc(=O)[nH]c1=O. The maximum atomic E-state index is 11.8. The fraction of sp³-hybridized carbons (Fsp3) is 0.636. The Morgan fingerprint density at radius 3 is 2.85 bits per heavy atom. The molecule has 1 aliphatic heterocycles. The average Bonchev–Trinajstić information content (AvgIpc) is 2.73. The molecule has 1 aromatic rings. The molecule has 2 rings (SSSR count). The fourth-order valence-electron chi connectivity index (χ4n) is 2.23. The summed E-state index contributed by atoms with van der Waals surface area (Å²) in [7, 11) is 0. The van der Waals surface area contributed by atoms with Crippen LogP contribution in [0.5, 0.6) is 0 Å². The van der Waals surface area contributed by atoms with Gasteiger partial charge in [0, 0.05) is 25.4 Å². The first-order valence-corrected chi connectivity index (χ1v) is 6.27. The summed E-state index contributed by atoms with van der Waals surface area (Å²) in [5, 5.41) is 22.2. The second-order valence-electron chi connectivity index (χ2n) is 4.52. The van der Waals surface area contributed by atoms with E-state index in [-0.39, 0.29) is 6.61 Å². The van der Waals surface area contributed by atoms with Crippen molar-refractivity contribution in [1.82, 2.24) is 14.9 Å². The number of H-pyrrole nitrogens is 1. The average molecular weight is 286 g/mol. The number of nitrogens with zero attached hydrogens (tertiary/aromatic N) is 1. The third-order valence-electron chi connectivity index (χ3n) is 3.20. The molecule has 1 saturated heterocycles. The van der Waals surface area contributed by atoms with Crippen molar-refractivity contribution < 1.29 is 14.9 Å². The van der Waals surface area contributed by atoms with Crippen LogP contribution in [-0.2, 0) is 4.74 Å². The third kappa shape index (κ3) is 2.81. The molecular formula is C11H18N4O5. The number of aliphatic hydroxyl groups excluding tert-OH is 2. The third-order valence-corrected chi connectivity index (χ3v) is 3.20. The molecule has 0 unspecified atom stereocenters. The van der Waals surface area contributed by atoms with Crippen LogP contribution in [-0.4, -0.2) is 57.7 Å². The predicted octanol–water partition coefficient (Wildman–Crippen LogP) is -3.30. The molecular weight excluding hydrogens is 268 g/mol. The van der Waals surface area contributed by atoms with Gasteiger partial charge in [-0.1, -0.05) is 0 Å². The van der Waals surface area contributed by atoms with Gasteiger partial charge in [-0.05, 0) is 0 Å². The van der Waals surface area contributed by atoms with Crippen LogP contribution in [0.2, 0.25) is 0 Å². The van der Waals surface area contributed by atoms with Crippen molar-refractivity contribution in [3.05, 3.63) is 33.1 Å². The van der Waals surface area contributed by atoms with Gasteiger partial charge >= 0.3 is 5.69 Å². The van der Waals surface area contributed by atoms with E-state index in [1.54, 1.807) is 0 Å². The lowest BCUT2D eigenvalue weighted by Crippen LogP contribution is -2.47. The molecule has 0 amide bonds. The van der Waals surface area contributed by atoms with Gasteiger partial charge in [0.05, 0.1) is 12.6 Å². The zero-order valence-corrected chi connectivity index (χ0v) is 10.7. The van der Waals surface area contributed by atoms with Crippen molar-refractivity contribution in [2.75, 3.05) is 19.7 Å². The number of nitrogens with one attached hydrogen (secondary N) is 2. The van der Waals surface area contributed by atoms with Gasteiger partial charge in [-0.2, -0.15) is 0 Å². The zero-order valence-electron chi connectivity index (χ0n) is 10.7. The highest BCUT2D eigenvalue weighted by Gasteiger charge is 2.44. The summed E-state index contributed by atoms with van der Waals surface area (Å²) < 4.78 is 6.64. The van der Waals surface area contributed by atoms with Crippen LogP contribution in [0.25, 0.3) is 0 Å². The number of aliphatic hydroxyl groups is 2. The summed E-state index contributed by atoms with van der Waals surface area (Å²) >= 11 is 0. The minimum absolute atomic E-state index is 0.347. The number of ether oxygens (including phenoxy) is 1. The lowest BCUT2D eigenvalue weighted by Gasteiger charge is -2.22. The largest absolute Gasteiger partial charge is 0.394 e. The van der Waals surface area contributed by atoms with Crippen molar-refractivity contribution in [1.29, 1.82) is 0 Å². The van der Waals surface area contributed by atoms with Crippen molar-refractivity contribution in [2.45, 2.75) is 24.5 Å². The van der Waals surface area contributed by atoms with Crippen LogP contribution in [0.4, 0.5) is 0 Å². The highest BCUT2D eigenvalue weighted by molar-refractivity contribution is 4.96. The molecule has 0 spiro atoms. The van der Waals surface area contributed by atoms with E-state index < -0.39 is 35.7 Å². The topological polar surface area (TPSA) is 143 Å². The lowest BCUT2D eigenvalue weighted by molar-refractivity contribution is -0.0469. The summed E-state index contributed by atoms with van der Waals surface area (Å²) in [5.74, 6) is 0. The molecule has 9 heteroatoms. The molecule has 0 saturated carbocycles. The standard InChI is InChI=1S/C11H18N4O5/c12-2-3-13-8-9(18)6(5-16)20-10(8)15-4-1-7(17)14-11(15)19/h1,4,6,8-10,13,16,18H,2-3,5,12H2,(H,14,17,19)/t6-,8-,9-,10-/m1/s1. The Balaban J connectivity index is 2.31. The van der Waals surface area contributed by atoms with E-state index >= 15 is 0 Å². The first-order valence-electron chi connectivity index (χ1n) is 6.27. The van der Waals surface area contributed by atoms with Gasteiger partial charge in [0.15, 0.2) is 6.23 Å². The van der Waals surface area contributed by atoms with E-state index in [2.05, 4.69) is 10.3 Å². The Morgan fingerprint density at radius 1 is 1.50 bits per heavy atom. The van der Waals surface area contributed by atoms with E-state index in [1.807, 2.05) is 0 Å². The Bertz CT molecular complexity index is 556. The Kier molecular flexibility index (Phi) is 4.68. The summed E-state index contributed by atoms with van der Waals surface area (Å²) in [6.45, 7) is 0.384. The predicted molar refractivity (Wildman–Crippen MR) is 69.2 cm³/mol. The molecule has 0 aliphatic carbocycles. The van der Waals surface area contributed by atoms with Crippen LogP contribution >= 0.6 is 0 Å². The van der Waals surface area contributed by atoms with Crippen LogP contribution in [0.1, 0.15) is 6.23 Å². The number of aromatic amines is 1. The van der Waals surface area contributed by atoms with E-state index in [4.69, 9.17) is 10.5 Å². The van der Waals surface area contributed by atoms with Gasteiger partial charge in [-0.15, -0.1) is 0 Å². The molecule has 112 valence electrons. The van der Waals surface area contributed by atoms with Crippen LogP contribution in [0.15, 0.2) is 21.9 Å². The van der Waals surface area contributed by atoms with Crippen molar-refractivity contribution >= 4 is 0 Å². The Labute approximate surface area is 114 Å². The number of hydrogen-bond acceptors (Lipinski definition) is 7. The highest BCUT2D eigenvalue weighted by atomic mass is 16.5. The van der Waals surface area contributed by atoms with Gasteiger partial charge < -0.3 is 26.0 Å². The number of hydrogen-bond donors (Lipinski definition) is 5. The monoisotopic (exact) mass is 286 g/mol. The van der Waals surface area contributed by atoms with E-state index in [9.17, 15) is 19.8 Å². The van der Waals surface area contributed by atoms with Gasteiger partial charge in [-0.25, -0.2) is 4.79 Å². The second kappa shape index (κ2) is 6.29. The van der Waals surface area contributed by atoms with Crippen LogP contribution in [0.3, 0.4) is 0 Å². The normalized spacial score (nSPS) is 29.8. The lowest BCUT2D eigenvalue weighted by atomic mass is 10.1. The summed E-state index contributed by atoms with van der Waals surface area (Å²) in [5.41, 5.74) is 4.24. The molecule has 1 fully saturated rings. The minimum Gasteiger partial charge on any atom is -0.394 e. The van der Waals surface area contributed by atoms with Gasteiger partial charge in [-0.3, -0.25) is 14.3 Å². The maximum Gasteiger partial charge on any atom is 0.330 e. The zero-order chi connectivity index (χ0) is 14.7. The first kappa shape index (κ1) is 14.9. The molecule has 0 bridgehead atoms. The second-order valence-corrected chi connectivity index (χ2v) is 4.52. The van der Waals surface area contributed by atoms with Crippen molar-refractivity contribution in [3.8, 4) is 0 Å². The van der Waals surface area contributed by atoms with E-state index in [0.717, 1.165) is 4.57 Å². The number of nitrogens with two attached hydrogens (primary N) is 1. The molecule has 1 aliphatic rings. The Morgan fingerprint density at radius 2 is 2.25 bits per heavy atom. The summed E-state index contributed by atoms with van der Waals surface area (Å²) in [4.78, 5) is 25.0. The van der Waals surface area contributed by atoms with E-state index in [0.29, 0.717) is 13.1 Å². The molecule has 6 N–H and O–H groups in total. The first-order chi connectivity index (χ1) is 9.58. The summed E-state index contributed by atoms with van der Waals surface area (Å²) in [6, 6.07) is 0.572. The van der Waals surface area contributed by atoms with Gasteiger partial charge in [0.25, 0.3) is 5.56 Å². The molecule has 9 nitrogen and oxygen atoms in total. The van der Waals surface area contributed by atoms with Crippen LogP contribution in [0, 0.1) is 0 Å². The summed E-state index contributed by atoms with van der Waals surface area (Å²) in [6.07, 6.45) is -1.35. The maximum absolute atomic E-state index is 11.8. The fourth-order valence-corrected chi connectivity index (χ4v) is 2.23. The number of rotatable bonds is 5. The number of aromatic nitrogens is 2. The molecule has 2 heterocycles. The van der Waals surface area contributed by atoms with Gasteiger partial charge in [0.1, 0.15) is 12.2 Å². The van der Waals surface area contributed by atoms with Crippen molar-refractivity contribution in [2.24, 2.45) is 5.73 Å². The van der Waals surface area contributed by atoms with Crippen molar-refractivity contribution in [3.63, 3.8) is 0 Å². The Hall–Kier alpha value is -1.52. The van der Waals surface area contributed by atoms with Crippen LogP contribution < -0.4 is 22.3 Å². The molecule has 0 aromatic carbocycles.